The molecular formula is C25H46N+. The maximum Gasteiger partial charge on any atom is 0.135 e. The summed E-state index contributed by atoms with van der Waals surface area (Å²) in [5.74, 6) is 0. The summed E-state index contributed by atoms with van der Waals surface area (Å²) in [4.78, 5) is 0. The molecule has 0 fully saturated rings. The molecular weight excluding hydrogens is 314 g/mol. The lowest BCUT2D eigenvalue weighted by Gasteiger charge is -2.26. The summed E-state index contributed by atoms with van der Waals surface area (Å²) in [7, 11) is 6.80. The average molecular weight is 361 g/mol. The van der Waals surface area contributed by atoms with Crippen molar-refractivity contribution in [1.82, 2.24) is 4.48 Å². The van der Waals surface area contributed by atoms with Crippen molar-refractivity contribution in [1.29, 1.82) is 0 Å². The Labute approximate surface area is 164 Å². The summed E-state index contributed by atoms with van der Waals surface area (Å²) in [6.45, 7) is 2.30. The number of quaternary nitrogens is 1. The molecule has 1 aromatic carbocycles. The van der Waals surface area contributed by atoms with Gasteiger partial charge in [-0.2, -0.15) is 0 Å². The zero-order chi connectivity index (χ0) is 19.1. The normalized spacial score (nSPS) is 11.8. The summed E-state index contributed by atoms with van der Waals surface area (Å²) in [6, 6.07) is 8.98. The second kappa shape index (κ2) is 14.3. The first-order chi connectivity index (χ1) is 12.6. The van der Waals surface area contributed by atoms with Crippen LogP contribution in [0.3, 0.4) is 0 Å². The van der Waals surface area contributed by atoms with E-state index in [4.69, 9.17) is 0 Å². The molecule has 0 aliphatic carbocycles. The van der Waals surface area contributed by atoms with Gasteiger partial charge in [0.15, 0.2) is 0 Å². The number of rotatable bonds is 16. The highest BCUT2D eigenvalue weighted by Gasteiger charge is 2.16. The van der Waals surface area contributed by atoms with Crippen molar-refractivity contribution in [3.63, 3.8) is 0 Å². The Morgan fingerprint density at radius 3 is 1.46 bits per heavy atom. The molecule has 26 heavy (non-hydrogen) atoms. The van der Waals surface area contributed by atoms with Gasteiger partial charge in [-0.3, -0.25) is 4.48 Å². The van der Waals surface area contributed by atoms with E-state index in [-0.39, 0.29) is 0 Å². The van der Waals surface area contributed by atoms with Crippen molar-refractivity contribution in [2.45, 2.75) is 103 Å². The van der Waals surface area contributed by atoms with E-state index in [0.717, 1.165) is 4.48 Å². The smallest absolute Gasteiger partial charge is 0.135 e. The first-order valence-corrected chi connectivity index (χ1v) is 11.5. The van der Waals surface area contributed by atoms with Crippen LogP contribution < -0.4 is 4.48 Å². The fraction of sp³-hybridized carbons (Fsp3) is 0.760. The summed E-state index contributed by atoms with van der Waals surface area (Å²) < 4.78 is 0.925. The third-order valence-corrected chi connectivity index (χ3v) is 5.51. The SMILES string of the molecule is CCCCCCCCCCCCCCCCc1ccccc1[N+](C)(C)C. The molecule has 0 saturated heterocycles. The van der Waals surface area contributed by atoms with E-state index in [1.807, 2.05) is 0 Å². The molecule has 0 aliphatic rings. The standard InChI is InChI=1S/C25H46N/c1-5-6-7-8-9-10-11-12-13-14-15-16-17-18-21-24-22-19-20-23-25(24)26(2,3)4/h19-20,22-23H,5-18,21H2,1-4H3/q+1. The van der Waals surface area contributed by atoms with Crippen LogP contribution in [0.5, 0.6) is 0 Å². The first kappa shape index (κ1) is 23.2. The largest absolute Gasteiger partial charge is 0.298 e. The predicted molar refractivity (Wildman–Crippen MR) is 120 cm³/mol. The van der Waals surface area contributed by atoms with Crippen LogP contribution in [0.2, 0.25) is 0 Å². The van der Waals surface area contributed by atoms with Crippen LogP contribution in [-0.4, -0.2) is 21.1 Å². The summed E-state index contributed by atoms with van der Waals surface area (Å²) in [5, 5.41) is 0. The zero-order valence-electron chi connectivity index (χ0n) is 18.4. The molecule has 150 valence electrons. The monoisotopic (exact) mass is 360 g/mol. The predicted octanol–water partition coefficient (Wildman–Crippen LogP) is 7.91. The third kappa shape index (κ3) is 11.0. The molecule has 0 aromatic heterocycles. The molecule has 0 N–H and O–H groups in total. The number of unbranched alkanes of at least 4 members (excludes halogenated alkanes) is 13. The number of aryl methyl sites for hydroxylation is 1. The van der Waals surface area contributed by atoms with Gasteiger partial charge in [0.2, 0.25) is 0 Å². The van der Waals surface area contributed by atoms with Gasteiger partial charge >= 0.3 is 0 Å². The minimum Gasteiger partial charge on any atom is -0.298 e. The first-order valence-electron chi connectivity index (χ1n) is 11.5. The maximum absolute atomic E-state index is 2.32. The van der Waals surface area contributed by atoms with Crippen LogP contribution in [0.4, 0.5) is 5.69 Å². The van der Waals surface area contributed by atoms with Crippen molar-refractivity contribution < 1.29 is 0 Å². The summed E-state index contributed by atoms with van der Waals surface area (Å²) in [5.41, 5.74) is 3.01. The number of hydrogen-bond acceptors (Lipinski definition) is 0. The van der Waals surface area contributed by atoms with E-state index < -0.39 is 0 Å². The van der Waals surface area contributed by atoms with Gasteiger partial charge in [-0.25, -0.2) is 0 Å². The molecule has 0 unspecified atom stereocenters. The van der Waals surface area contributed by atoms with Crippen LogP contribution in [0.25, 0.3) is 0 Å². The highest BCUT2D eigenvalue weighted by Crippen LogP contribution is 2.24. The van der Waals surface area contributed by atoms with Crippen LogP contribution in [0.15, 0.2) is 24.3 Å². The van der Waals surface area contributed by atoms with E-state index in [1.54, 1.807) is 5.56 Å². The van der Waals surface area contributed by atoms with Crippen molar-refractivity contribution in [2.24, 2.45) is 0 Å². The molecule has 0 spiro atoms. The van der Waals surface area contributed by atoms with Crippen molar-refractivity contribution in [2.75, 3.05) is 21.1 Å². The van der Waals surface area contributed by atoms with Gasteiger partial charge in [-0.1, -0.05) is 109 Å². The molecule has 0 bridgehead atoms. The maximum atomic E-state index is 2.32. The zero-order valence-corrected chi connectivity index (χ0v) is 18.4. The Bertz CT molecular complexity index is 444. The number of para-hydroxylation sites is 1. The Balaban J connectivity index is 1.96. The van der Waals surface area contributed by atoms with Crippen LogP contribution >= 0.6 is 0 Å². The lowest BCUT2D eigenvalue weighted by atomic mass is 10.0. The van der Waals surface area contributed by atoms with Crippen LogP contribution in [0.1, 0.15) is 102 Å². The molecule has 0 atom stereocenters. The molecule has 1 rings (SSSR count). The van der Waals surface area contributed by atoms with Gasteiger partial charge in [0, 0.05) is 5.56 Å². The Kier molecular flexibility index (Phi) is 12.7. The molecule has 0 saturated carbocycles. The molecule has 0 heterocycles. The Morgan fingerprint density at radius 1 is 0.577 bits per heavy atom. The van der Waals surface area contributed by atoms with E-state index >= 15 is 0 Å². The van der Waals surface area contributed by atoms with Gasteiger partial charge < -0.3 is 0 Å². The second-order valence-electron chi connectivity index (χ2n) is 8.99. The Morgan fingerprint density at radius 2 is 1.00 bits per heavy atom. The molecule has 1 heteroatoms. The lowest BCUT2D eigenvalue weighted by Crippen LogP contribution is -2.35. The topological polar surface area (TPSA) is 0 Å². The molecule has 0 radical (unpaired) electrons. The highest BCUT2D eigenvalue weighted by atomic mass is 15.3. The number of benzene rings is 1. The number of hydrogen-bond donors (Lipinski definition) is 0. The molecule has 0 amide bonds. The van der Waals surface area contributed by atoms with E-state index in [0.29, 0.717) is 0 Å². The Hall–Kier alpha value is -0.820. The van der Waals surface area contributed by atoms with Gasteiger partial charge in [-0.05, 0) is 18.9 Å². The van der Waals surface area contributed by atoms with Crippen molar-refractivity contribution >= 4 is 5.69 Å². The molecule has 1 nitrogen and oxygen atoms in total. The quantitative estimate of drug-likeness (QED) is 0.207. The van der Waals surface area contributed by atoms with E-state index in [9.17, 15) is 0 Å². The van der Waals surface area contributed by atoms with Crippen LogP contribution in [0, 0.1) is 0 Å². The van der Waals surface area contributed by atoms with Gasteiger partial charge in [0.05, 0.1) is 21.1 Å². The third-order valence-electron chi connectivity index (χ3n) is 5.51. The van der Waals surface area contributed by atoms with Crippen molar-refractivity contribution in [3.05, 3.63) is 29.8 Å². The highest BCUT2D eigenvalue weighted by molar-refractivity contribution is 5.49. The molecule has 0 aliphatic heterocycles. The van der Waals surface area contributed by atoms with E-state index in [1.165, 1.54) is 102 Å². The van der Waals surface area contributed by atoms with E-state index in [2.05, 4.69) is 52.3 Å². The summed E-state index contributed by atoms with van der Waals surface area (Å²) >= 11 is 0. The van der Waals surface area contributed by atoms with Gasteiger partial charge in [0.25, 0.3) is 0 Å². The fourth-order valence-corrected chi connectivity index (χ4v) is 3.89. The van der Waals surface area contributed by atoms with Crippen molar-refractivity contribution in [3.8, 4) is 0 Å². The summed E-state index contributed by atoms with van der Waals surface area (Å²) in [6.07, 6.45) is 21.3. The minimum atomic E-state index is 0.925. The lowest BCUT2D eigenvalue weighted by molar-refractivity contribution is 0.480. The van der Waals surface area contributed by atoms with Gasteiger partial charge in [0.1, 0.15) is 5.69 Å². The average Bonchev–Trinajstić information content (AvgIpc) is 2.61. The van der Waals surface area contributed by atoms with Crippen LogP contribution in [-0.2, 0) is 6.42 Å². The minimum absolute atomic E-state index is 0.925. The second-order valence-corrected chi connectivity index (χ2v) is 8.99. The number of nitrogens with zero attached hydrogens (tertiary/aromatic N) is 1. The van der Waals surface area contributed by atoms with Gasteiger partial charge in [-0.15, -0.1) is 0 Å². The molecule has 1 aromatic rings. The fourth-order valence-electron chi connectivity index (χ4n) is 3.89.